The lowest BCUT2D eigenvalue weighted by Crippen LogP contribution is -2.15. The molecule has 1 aromatic carbocycles. The average molecular weight is 349 g/mol. The molecule has 1 amide bonds. The minimum atomic E-state index is -3.93. The van der Waals surface area contributed by atoms with Crippen LogP contribution in [0.3, 0.4) is 0 Å². The Morgan fingerprint density at radius 2 is 1.88 bits per heavy atom. The predicted octanol–water partition coefficient (Wildman–Crippen LogP) is 1.86. The highest BCUT2D eigenvalue weighted by molar-refractivity contribution is 7.92. The van der Waals surface area contributed by atoms with E-state index >= 15 is 0 Å². The molecule has 0 atom stereocenters. The van der Waals surface area contributed by atoms with Gasteiger partial charge in [-0.25, -0.2) is 13.2 Å². The van der Waals surface area contributed by atoms with Crippen molar-refractivity contribution in [3.8, 4) is 0 Å². The van der Waals surface area contributed by atoms with Crippen LogP contribution in [0.5, 0.6) is 0 Å². The number of carbonyl (C=O) groups is 2. The lowest BCUT2D eigenvalue weighted by atomic mass is 10.2. The molecule has 0 bridgehead atoms. The Labute approximate surface area is 137 Å². The SMILES string of the molecule is O=C(O)c1cc(S(=O)(=O)Nc2cccc(NC(=O)C3CC3)c2)c[nH]1. The molecular formula is C15H15N3O5S. The number of hydrogen-bond acceptors (Lipinski definition) is 4. The van der Waals surface area contributed by atoms with Crippen molar-refractivity contribution in [2.24, 2.45) is 5.92 Å². The van der Waals surface area contributed by atoms with Crippen molar-refractivity contribution in [3.63, 3.8) is 0 Å². The molecule has 1 aliphatic rings. The lowest BCUT2D eigenvalue weighted by molar-refractivity contribution is -0.117. The zero-order valence-corrected chi connectivity index (χ0v) is 13.3. The fraction of sp³-hybridized carbons (Fsp3) is 0.200. The zero-order chi connectivity index (χ0) is 17.3. The lowest BCUT2D eigenvalue weighted by Gasteiger charge is -2.09. The monoisotopic (exact) mass is 349 g/mol. The van der Waals surface area contributed by atoms with Crippen molar-refractivity contribution in [1.82, 2.24) is 4.98 Å². The number of amides is 1. The minimum absolute atomic E-state index is 0.0413. The van der Waals surface area contributed by atoms with Gasteiger partial charge in [0.25, 0.3) is 10.0 Å². The van der Waals surface area contributed by atoms with E-state index in [2.05, 4.69) is 15.0 Å². The summed E-state index contributed by atoms with van der Waals surface area (Å²) in [4.78, 5) is 24.8. The third-order valence-corrected chi connectivity index (χ3v) is 4.89. The van der Waals surface area contributed by atoms with Crippen LogP contribution in [0.25, 0.3) is 0 Å². The maximum absolute atomic E-state index is 12.3. The number of sulfonamides is 1. The maximum Gasteiger partial charge on any atom is 0.352 e. The summed E-state index contributed by atoms with van der Waals surface area (Å²) in [6.07, 6.45) is 2.85. The van der Waals surface area contributed by atoms with Crippen molar-refractivity contribution >= 4 is 33.3 Å². The van der Waals surface area contributed by atoms with Crippen LogP contribution in [-0.4, -0.2) is 30.4 Å². The highest BCUT2D eigenvalue weighted by atomic mass is 32.2. The van der Waals surface area contributed by atoms with Gasteiger partial charge in [0.1, 0.15) is 10.6 Å². The van der Waals surface area contributed by atoms with Crippen molar-refractivity contribution < 1.29 is 23.1 Å². The molecule has 1 fully saturated rings. The molecule has 8 nitrogen and oxygen atoms in total. The Morgan fingerprint density at radius 1 is 1.17 bits per heavy atom. The quantitative estimate of drug-likeness (QED) is 0.633. The van der Waals surface area contributed by atoms with Crippen LogP contribution in [0.1, 0.15) is 23.3 Å². The number of aromatic nitrogens is 1. The summed E-state index contributed by atoms with van der Waals surface area (Å²) in [5.74, 6) is -1.28. The maximum atomic E-state index is 12.3. The van der Waals surface area contributed by atoms with Gasteiger partial charge >= 0.3 is 5.97 Å². The largest absolute Gasteiger partial charge is 0.477 e. The number of aromatic carboxylic acids is 1. The number of carboxylic acids is 1. The third-order valence-electron chi connectivity index (χ3n) is 3.53. The van der Waals surface area contributed by atoms with Gasteiger partial charge in [-0.2, -0.15) is 0 Å². The van der Waals surface area contributed by atoms with Gasteiger partial charge in [-0.15, -0.1) is 0 Å². The van der Waals surface area contributed by atoms with E-state index < -0.39 is 16.0 Å². The van der Waals surface area contributed by atoms with Crippen LogP contribution in [0.15, 0.2) is 41.4 Å². The summed E-state index contributed by atoms with van der Waals surface area (Å²) in [5.41, 5.74) is 0.537. The van der Waals surface area contributed by atoms with E-state index in [9.17, 15) is 18.0 Å². The molecule has 1 aromatic heterocycles. The van der Waals surface area contributed by atoms with Crippen molar-refractivity contribution in [3.05, 3.63) is 42.2 Å². The van der Waals surface area contributed by atoms with Gasteiger partial charge in [-0.05, 0) is 37.1 Å². The van der Waals surface area contributed by atoms with Gasteiger partial charge in [-0.3, -0.25) is 9.52 Å². The molecule has 9 heteroatoms. The molecular weight excluding hydrogens is 334 g/mol. The van der Waals surface area contributed by atoms with E-state index in [-0.39, 0.29) is 28.1 Å². The first-order valence-corrected chi connectivity index (χ1v) is 8.69. The third kappa shape index (κ3) is 3.57. The zero-order valence-electron chi connectivity index (χ0n) is 12.4. The smallest absolute Gasteiger partial charge is 0.352 e. The first kappa shape index (κ1) is 16.1. The van der Waals surface area contributed by atoms with Crippen LogP contribution in [0.2, 0.25) is 0 Å². The molecule has 1 aliphatic carbocycles. The topological polar surface area (TPSA) is 128 Å². The number of carboxylic acid groups (broad SMARTS) is 1. The molecule has 0 radical (unpaired) electrons. The number of anilines is 2. The molecule has 3 rings (SSSR count). The second kappa shape index (κ2) is 6.00. The summed E-state index contributed by atoms with van der Waals surface area (Å²) in [6.45, 7) is 0. The van der Waals surface area contributed by atoms with E-state index in [1.807, 2.05) is 0 Å². The van der Waals surface area contributed by atoms with E-state index in [1.165, 1.54) is 12.1 Å². The number of H-pyrrole nitrogens is 1. The molecule has 0 spiro atoms. The number of benzene rings is 1. The standard InChI is InChI=1S/C15H15N3O5S/c19-14(9-4-5-9)17-10-2-1-3-11(6-10)18-24(22,23)12-7-13(15(20)21)16-8-12/h1-3,6-9,16,18H,4-5H2,(H,17,19)(H,20,21). The normalized spacial score (nSPS) is 14.2. The first-order chi connectivity index (χ1) is 11.3. The first-order valence-electron chi connectivity index (χ1n) is 7.20. The molecule has 0 saturated heterocycles. The van der Waals surface area contributed by atoms with Gasteiger partial charge in [0.15, 0.2) is 0 Å². The number of rotatable bonds is 6. The number of hydrogen-bond donors (Lipinski definition) is 4. The molecule has 1 saturated carbocycles. The summed E-state index contributed by atoms with van der Waals surface area (Å²) >= 11 is 0. The number of carbonyl (C=O) groups excluding carboxylic acids is 1. The molecule has 24 heavy (non-hydrogen) atoms. The van der Waals surface area contributed by atoms with Gasteiger partial charge < -0.3 is 15.4 Å². The Balaban J connectivity index is 1.76. The Bertz CT molecular complexity index is 899. The Morgan fingerprint density at radius 3 is 2.50 bits per heavy atom. The summed E-state index contributed by atoms with van der Waals surface area (Å²) < 4.78 is 26.9. The Hall–Kier alpha value is -2.81. The fourth-order valence-electron chi connectivity index (χ4n) is 2.12. The average Bonchev–Trinajstić information content (AvgIpc) is 3.23. The minimum Gasteiger partial charge on any atom is -0.477 e. The van der Waals surface area contributed by atoms with Crippen molar-refractivity contribution in [2.45, 2.75) is 17.7 Å². The fourth-order valence-corrected chi connectivity index (χ4v) is 3.16. The van der Waals surface area contributed by atoms with E-state index in [0.717, 1.165) is 25.1 Å². The molecule has 0 unspecified atom stereocenters. The van der Waals surface area contributed by atoms with Crippen LogP contribution in [0.4, 0.5) is 11.4 Å². The van der Waals surface area contributed by atoms with Gasteiger partial charge in [-0.1, -0.05) is 6.07 Å². The second-order valence-electron chi connectivity index (χ2n) is 5.50. The summed E-state index contributed by atoms with van der Waals surface area (Å²) in [7, 11) is -3.93. The summed E-state index contributed by atoms with van der Waals surface area (Å²) in [6, 6.07) is 7.35. The highest BCUT2D eigenvalue weighted by Gasteiger charge is 2.29. The van der Waals surface area contributed by atoms with E-state index in [0.29, 0.717) is 5.69 Å². The van der Waals surface area contributed by atoms with Crippen molar-refractivity contribution in [1.29, 1.82) is 0 Å². The molecule has 1 heterocycles. The van der Waals surface area contributed by atoms with Gasteiger partial charge in [0, 0.05) is 17.8 Å². The van der Waals surface area contributed by atoms with Crippen LogP contribution in [0, 0.1) is 5.92 Å². The molecule has 0 aliphatic heterocycles. The number of nitrogens with one attached hydrogen (secondary N) is 3. The van der Waals surface area contributed by atoms with Gasteiger partial charge in [0.2, 0.25) is 5.91 Å². The second-order valence-corrected chi connectivity index (χ2v) is 7.19. The molecule has 4 N–H and O–H groups in total. The van der Waals surface area contributed by atoms with E-state index in [4.69, 9.17) is 5.11 Å². The van der Waals surface area contributed by atoms with Crippen LogP contribution >= 0.6 is 0 Å². The predicted molar refractivity (Wildman–Crippen MR) is 86.4 cm³/mol. The van der Waals surface area contributed by atoms with Crippen molar-refractivity contribution in [2.75, 3.05) is 10.0 Å². The van der Waals surface area contributed by atoms with E-state index in [1.54, 1.807) is 12.1 Å². The van der Waals surface area contributed by atoms with Crippen LogP contribution < -0.4 is 10.0 Å². The Kier molecular flexibility index (Phi) is 4.02. The number of aromatic amines is 1. The summed E-state index contributed by atoms with van der Waals surface area (Å²) in [5, 5.41) is 11.6. The highest BCUT2D eigenvalue weighted by Crippen LogP contribution is 2.30. The van der Waals surface area contributed by atoms with Crippen LogP contribution in [-0.2, 0) is 14.8 Å². The molecule has 126 valence electrons. The molecule has 2 aromatic rings. The van der Waals surface area contributed by atoms with Gasteiger partial charge in [0.05, 0.1) is 5.69 Å².